The Kier molecular flexibility index (Phi) is 4.79. The fraction of sp³-hybridized carbons (Fsp3) is 0.316. The maximum Gasteiger partial charge on any atom is 0.292 e. The van der Waals surface area contributed by atoms with Gasteiger partial charge in [-0.1, -0.05) is 18.2 Å². The van der Waals surface area contributed by atoms with E-state index in [2.05, 4.69) is 10.6 Å². The zero-order chi connectivity index (χ0) is 18.8. The monoisotopic (exact) mass is 354 g/mol. The van der Waals surface area contributed by atoms with Gasteiger partial charge >= 0.3 is 0 Å². The highest BCUT2D eigenvalue weighted by Crippen LogP contribution is 2.38. The van der Waals surface area contributed by atoms with E-state index in [-0.39, 0.29) is 18.1 Å². The molecule has 0 bridgehead atoms. The summed E-state index contributed by atoms with van der Waals surface area (Å²) < 4.78 is 0. The van der Waals surface area contributed by atoms with E-state index in [1.807, 2.05) is 32.0 Å². The average Bonchev–Trinajstić information content (AvgIpc) is 3.05. The van der Waals surface area contributed by atoms with Gasteiger partial charge in [0.2, 0.25) is 5.91 Å². The van der Waals surface area contributed by atoms with E-state index in [0.29, 0.717) is 12.1 Å². The topological polar surface area (TPSA) is 87.5 Å². The van der Waals surface area contributed by atoms with Crippen LogP contribution in [-0.4, -0.2) is 31.0 Å². The third-order valence-corrected chi connectivity index (χ3v) is 4.66. The van der Waals surface area contributed by atoms with Crippen LogP contribution >= 0.6 is 0 Å². The number of aryl methyl sites for hydroxylation is 2. The number of benzene rings is 2. The molecule has 0 unspecified atom stereocenters. The quantitative estimate of drug-likeness (QED) is 0.636. The van der Waals surface area contributed by atoms with E-state index >= 15 is 0 Å². The van der Waals surface area contributed by atoms with Crippen LogP contribution in [0.5, 0.6) is 0 Å². The second-order valence-electron chi connectivity index (χ2n) is 6.56. The van der Waals surface area contributed by atoms with E-state index in [1.165, 1.54) is 6.07 Å². The summed E-state index contributed by atoms with van der Waals surface area (Å²) in [6, 6.07) is 9.04. The number of fused-ring (bicyclic) bond motifs is 1. The van der Waals surface area contributed by atoms with Gasteiger partial charge in [0.1, 0.15) is 5.69 Å². The Morgan fingerprint density at radius 2 is 1.96 bits per heavy atom. The van der Waals surface area contributed by atoms with Crippen LogP contribution in [0, 0.1) is 24.0 Å². The van der Waals surface area contributed by atoms with Crippen LogP contribution in [-0.2, 0) is 11.2 Å². The molecule has 7 nitrogen and oxygen atoms in total. The van der Waals surface area contributed by atoms with Gasteiger partial charge in [-0.15, -0.1) is 0 Å². The molecule has 0 radical (unpaired) electrons. The minimum atomic E-state index is -0.395. The summed E-state index contributed by atoms with van der Waals surface area (Å²) in [6.45, 7) is 4.65. The molecule has 1 aliphatic rings. The number of hydrogen-bond donors (Lipinski definition) is 2. The number of likely N-dealkylation sites (N-methyl/N-ethyl adjacent to an activating group) is 1. The molecule has 7 heteroatoms. The fourth-order valence-electron chi connectivity index (χ4n) is 3.42. The highest BCUT2D eigenvalue weighted by molar-refractivity contribution is 5.96. The molecule has 0 saturated carbocycles. The Morgan fingerprint density at radius 3 is 2.62 bits per heavy atom. The van der Waals surface area contributed by atoms with Gasteiger partial charge in [-0.2, -0.15) is 0 Å². The van der Waals surface area contributed by atoms with Gasteiger partial charge in [-0.05, 0) is 37.5 Å². The zero-order valence-electron chi connectivity index (χ0n) is 15.1. The molecule has 0 atom stereocenters. The van der Waals surface area contributed by atoms with Gasteiger partial charge < -0.3 is 15.5 Å². The minimum Gasteiger partial charge on any atom is -0.384 e. The second-order valence-corrected chi connectivity index (χ2v) is 6.56. The molecule has 2 aromatic rings. The number of nitro groups is 1. The Hall–Kier alpha value is -3.09. The number of nitrogens with zero attached hydrogens (tertiary/aromatic N) is 2. The second kappa shape index (κ2) is 7.03. The van der Waals surface area contributed by atoms with Crippen LogP contribution in [0.25, 0.3) is 0 Å². The maximum atomic E-state index is 12.5. The van der Waals surface area contributed by atoms with Crippen molar-refractivity contribution >= 4 is 28.7 Å². The summed E-state index contributed by atoms with van der Waals surface area (Å²) in [5, 5.41) is 17.6. The summed E-state index contributed by atoms with van der Waals surface area (Å²) in [6.07, 6.45) is 0.704. The molecule has 3 rings (SSSR count). The van der Waals surface area contributed by atoms with E-state index in [9.17, 15) is 14.9 Å². The summed E-state index contributed by atoms with van der Waals surface area (Å²) in [5.74, 6) is -0.206. The van der Waals surface area contributed by atoms with Crippen molar-refractivity contribution in [2.24, 2.45) is 0 Å². The molecular formula is C19H22N4O3. The lowest BCUT2D eigenvalue weighted by Crippen LogP contribution is -2.31. The van der Waals surface area contributed by atoms with Crippen molar-refractivity contribution in [3.8, 4) is 0 Å². The number of rotatable bonds is 5. The lowest BCUT2D eigenvalue weighted by atomic mass is 10.1. The summed E-state index contributed by atoms with van der Waals surface area (Å²) in [5.41, 5.74) is 5.08. The highest BCUT2D eigenvalue weighted by Gasteiger charge is 2.27. The Bertz CT molecular complexity index is 859. The first kappa shape index (κ1) is 17.7. The van der Waals surface area contributed by atoms with Crippen LogP contribution in [0.15, 0.2) is 30.3 Å². The molecule has 26 heavy (non-hydrogen) atoms. The molecule has 1 heterocycles. The normalized spacial score (nSPS) is 12.3. The molecule has 0 fully saturated rings. The van der Waals surface area contributed by atoms with Crippen LogP contribution < -0.4 is 15.5 Å². The number of para-hydroxylation sites is 1. The number of hydrogen-bond acceptors (Lipinski definition) is 5. The maximum absolute atomic E-state index is 12.5. The number of anilines is 3. The van der Waals surface area contributed by atoms with Crippen LogP contribution in [0.3, 0.4) is 0 Å². The van der Waals surface area contributed by atoms with Crippen molar-refractivity contribution in [2.75, 3.05) is 35.7 Å². The van der Waals surface area contributed by atoms with Crippen molar-refractivity contribution in [3.63, 3.8) is 0 Å². The lowest BCUT2D eigenvalue weighted by molar-refractivity contribution is -0.384. The standard InChI is InChI=1S/C19H22N4O3/c1-12-5-4-6-13(2)18(12)21-17(24)11-22(3)19-14-9-10-20-15(14)7-8-16(19)23(25)26/h4-8,20H,9-11H2,1-3H3,(H,21,24). The molecule has 136 valence electrons. The smallest absolute Gasteiger partial charge is 0.292 e. The van der Waals surface area contributed by atoms with Crippen molar-refractivity contribution in [1.29, 1.82) is 0 Å². The number of carbonyl (C=O) groups excluding carboxylic acids is 1. The van der Waals surface area contributed by atoms with E-state index < -0.39 is 4.92 Å². The number of carbonyl (C=O) groups is 1. The van der Waals surface area contributed by atoms with E-state index in [0.717, 1.165) is 34.6 Å². The average molecular weight is 354 g/mol. The third-order valence-electron chi connectivity index (χ3n) is 4.66. The number of nitrogens with one attached hydrogen (secondary N) is 2. The van der Waals surface area contributed by atoms with Gasteiger partial charge in [0.25, 0.3) is 5.69 Å². The van der Waals surface area contributed by atoms with Gasteiger partial charge in [0.15, 0.2) is 0 Å². The molecule has 0 saturated heterocycles. The first-order valence-corrected chi connectivity index (χ1v) is 8.50. The SMILES string of the molecule is Cc1cccc(C)c1NC(=O)CN(C)c1c([N+](=O)[O-])ccc2c1CCN2. The van der Waals surface area contributed by atoms with Crippen molar-refractivity contribution in [1.82, 2.24) is 0 Å². The lowest BCUT2D eigenvalue weighted by Gasteiger charge is -2.22. The molecular weight excluding hydrogens is 332 g/mol. The van der Waals surface area contributed by atoms with Crippen molar-refractivity contribution < 1.29 is 9.72 Å². The highest BCUT2D eigenvalue weighted by atomic mass is 16.6. The number of nitro benzene ring substituents is 1. The molecule has 0 aliphatic carbocycles. The minimum absolute atomic E-state index is 0.0230. The molecule has 1 aliphatic heterocycles. The molecule has 0 aromatic heterocycles. The van der Waals surface area contributed by atoms with Crippen LogP contribution in [0.2, 0.25) is 0 Å². The largest absolute Gasteiger partial charge is 0.384 e. The summed E-state index contributed by atoms with van der Waals surface area (Å²) in [7, 11) is 1.71. The van der Waals surface area contributed by atoms with Crippen molar-refractivity contribution in [3.05, 3.63) is 57.1 Å². The summed E-state index contributed by atoms with van der Waals surface area (Å²) in [4.78, 5) is 25.3. The summed E-state index contributed by atoms with van der Waals surface area (Å²) >= 11 is 0. The number of amides is 1. The fourth-order valence-corrected chi connectivity index (χ4v) is 3.42. The predicted molar refractivity (Wildman–Crippen MR) is 103 cm³/mol. The van der Waals surface area contributed by atoms with E-state index in [4.69, 9.17) is 0 Å². The Balaban J connectivity index is 1.84. The van der Waals surface area contributed by atoms with Crippen molar-refractivity contribution in [2.45, 2.75) is 20.3 Å². The van der Waals surface area contributed by atoms with E-state index in [1.54, 1.807) is 18.0 Å². The van der Waals surface area contributed by atoms with Gasteiger partial charge in [-0.3, -0.25) is 14.9 Å². The van der Waals surface area contributed by atoms with Crippen LogP contribution in [0.1, 0.15) is 16.7 Å². The molecule has 2 N–H and O–H groups in total. The molecule has 2 aromatic carbocycles. The van der Waals surface area contributed by atoms with Crippen LogP contribution in [0.4, 0.5) is 22.7 Å². The molecule has 0 spiro atoms. The first-order chi connectivity index (χ1) is 12.4. The Labute approximate surface area is 152 Å². The zero-order valence-corrected chi connectivity index (χ0v) is 15.1. The van der Waals surface area contributed by atoms with Gasteiger partial charge in [0, 0.05) is 36.6 Å². The third kappa shape index (κ3) is 3.33. The Morgan fingerprint density at radius 1 is 1.27 bits per heavy atom. The van der Waals surface area contributed by atoms with Gasteiger partial charge in [0.05, 0.1) is 11.5 Å². The molecule has 1 amide bonds. The first-order valence-electron chi connectivity index (χ1n) is 8.50. The van der Waals surface area contributed by atoms with Gasteiger partial charge in [-0.25, -0.2) is 0 Å². The predicted octanol–water partition coefficient (Wildman–Crippen LogP) is 3.25.